The summed E-state index contributed by atoms with van der Waals surface area (Å²) in [5.74, 6) is 1.91. The van der Waals surface area contributed by atoms with Crippen molar-refractivity contribution < 1.29 is 0 Å². The van der Waals surface area contributed by atoms with Crippen LogP contribution in [0.2, 0.25) is 0 Å². The number of benzene rings is 8. The summed E-state index contributed by atoms with van der Waals surface area (Å²) in [6.07, 6.45) is 0. The quantitative estimate of drug-likeness (QED) is 0.160. The van der Waals surface area contributed by atoms with Crippen LogP contribution in [0.15, 0.2) is 212 Å². The van der Waals surface area contributed by atoms with E-state index in [9.17, 15) is 0 Å². The molecule has 6 heteroatoms. The Balaban J connectivity index is 0.943. The molecule has 0 saturated carbocycles. The van der Waals surface area contributed by atoms with Crippen molar-refractivity contribution in [3.63, 3.8) is 0 Å². The van der Waals surface area contributed by atoms with Gasteiger partial charge >= 0.3 is 0 Å². The van der Waals surface area contributed by atoms with Gasteiger partial charge in [0.05, 0.1) is 21.7 Å². The summed E-state index contributed by atoms with van der Waals surface area (Å²) in [7, 11) is 0. The summed E-state index contributed by atoms with van der Waals surface area (Å²) in [6.45, 7) is 6.56. The number of para-hydroxylation sites is 2. The van der Waals surface area contributed by atoms with Crippen molar-refractivity contribution in [2.24, 2.45) is 0 Å². The molecule has 4 heterocycles. The molecule has 0 fully saturated rings. The highest BCUT2D eigenvalue weighted by Crippen LogP contribution is 2.66. The van der Waals surface area contributed by atoms with Gasteiger partial charge in [0.1, 0.15) is 0 Å². The zero-order valence-corrected chi connectivity index (χ0v) is 39.9. The van der Waals surface area contributed by atoms with E-state index in [1.165, 1.54) is 70.5 Å². The van der Waals surface area contributed by atoms with Crippen molar-refractivity contribution in [2.45, 2.75) is 26.2 Å². The first-order chi connectivity index (χ1) is 33.9. The van der Waals surface area contributed by atoms with Crippen LogP contribution in [0.1, 0.15) is 38.9 Å². The number of nitrogens with zero attached hydrogens (tertiary/aromatic N) is 4. The molecule has 8 aromatic carbocycles. The van der Waals surface area contributed by atoms with E-state index in [2.05, 4.69) is 225 Å². The highest BCUT2D eigenvalue weighted by molar-refractivity contribution is 7.23. The van der Waals surface area contributed by atoms with Crippen LogP contribution in [0.4, 0.5) is 17.1 Å². The summed E-state index contributed by atoms with van der Waals surface area (Å²) in [4.78, 5) is 22.2. The van der Waals surface area contributed by atoms with Gasteiger partial charge in [-0.25, -0.2) is 15.0 Å². The first-order valence-electron chi connectivity index (χ1n) is 23.4. The molecule has 0 radical (unpaired) electrons. The number of fused-ring (bicyclic) bond motifs is 9. The summed E-state index contributed by atoms with van der Waals surface area (Å²) in [5.41, 5.74) is 20.6. The number of hydrogen-bond donors (Lipinski definition) is 0. The molecule has 1 spiro atoms. The maximum atomic E-state index is 5.26. The Kier molecular flexibility index (Phi) is 9.75. The van der Waals surface area contributed by atoms with Crippen molar-refractivity contribution in [2.75, 3.05) is 4.90 Å². The number of anilines is 3. The molecule has 3 aromatic heterocycles. The second-order valence-electron chi connectivity index (χ2n) is 18.1. The van der Waals surface area contributed by atoms with Gasteiger partial charge in [0, 0.05) is 32.1 Å². The average Bonchev–Trinajstić information content (AvgIpc) is 4.13. The van der Waals surface area contributed by atoms with Crippen molar-refractivity contribution >= 4 is 39.7 Å². The molecule has 1 aliphatic heterocycles. The average molecular weight is 921 g/mol. The van der Waals surface area contributed by atoms with E-state index in [-0.39, 0.29) is 0 Å². The smallest absolute Gasteiger partial charge is 0.164 e. The van der Waals surface area contributed by atoms with Gasteiger partial charge in [-0.1, -0.05) is 175 Å². The number of aromatic nitrogens is 3. The Labute approximate surface area is 410 Å². The third-order valence-corrected chi connectivity index (χ3v) is 16.3. The monoisotopic (exact) mass is 920 g/mol. The van der Waals surface area contributed by atoms with Crippen LogP contribution in [0.5, 0.6) is 0 Å². The van der Waals surface area contributed by atoms with Gasteiger partial charge in [0.25, 0.3) is 0 Å². The Morgan fingerprint density at radius 3 is 1.45 bits per heavy atom. The van der Waals surface area contributed by atoms with E-state index in [0.29, 0.717) is 17.5 Å². The summed E-state index contributed by atoms with van der Waals surface area (Å²) in [6, 6.07) is 74.6. The topological polar surface area (TPSA) is 41.9 Å². The molecule has 11 aromatic rings. The molecule has 2 aliphatic rings. The van der Waals surface area contributed by atoms with Gasteiger partial charge in [-0.2, -0.15) is 0 Å². The third-order valence-electron chi connectivity index (χ3n) is 14.0. The number of aryl methyl sites for hydroxylation is 3. The maximum Gasteiger partial charge on any atom is 0.164 e. The van der Waals surface area contributed by atoms with Crippen LogP contribution in [0, 0.1) is 20.8 Å². The van der Waals surface area contributed by atoms with Gasteiger partial charge in [0.15, 0.2) is 17.5 Å². The summed E-state index contributed by atoms with van der Waals surface area (Å²) < 4.78 is 0. The molecule has 0 saturated heterocycles. The molecule has 0 unspecified atom stereocenters. The standard InChI is InChI=1S/C63H44N4S2/c1-39-22-24-46(25-23-39)57-38-53-59(69-57)58-52(34-35-68-58)63(53)50-18-10-12-20-54(50)67(55-21-13-11-19-51(55)63)56-37-40(2)49(36-41(56)3)62-65-60(47-30-26-44(27-31-47)42-14-6-4-7-15-42)64-61(66-62)48-32-28-45(29-33-48)43-16-8-5-9-17-43/h4-38H,1-3H3. The van der Waals surface area contributed by atoms with Crippen LogP contribution in [-0.4, -0.2) is 15.0 Å². The molecule has 13 rings (SSSR count). The largest absolute Gasteiger partial charge is 0.310 e. The highest BCUT2D eigenvalue weighted by Gasteiger charge is 2.53. The van der Waals surface area contributed by atoms with E-state index < -0.39 is 5.41 Å². The van der Waals surface area contributed by atoms with Crippen LogP contribution in [0.3, 0.4) is 0 Å². The molecule has 69 heavy (non-hydrogen) atoms. The van der Waals surface area contributed by atoms with Gasteiger partial charge in [-0.15, -0.1) is 22.7 Å². The molecular weight excluding hydrogens is 877 g/mol. The SMILES string of the molecule is Cc1ccc(-c2cc3c(s2)-c2sccc2C32c3ccccc3N(c3cc(C)c(-c4nc(-c5ccc(-c6ccccc6)cc5)nc(-c5ccc(-c6ccccc6)cc5)n4)cc3C)c3ccccc32)cc1. The van der Waals surface area contributed by atoms with E-state index in [1.807, 2.05) is 34.8 Å². The predicted octanol–water partition coefficient (Wildman–Crippen LogP) is 17.1. The lowest BCUT2D eigenvalue weighted by Gasteiger charge is -2.45. The molecule has 0 bridgehead atoms. The second-order valence-corrected chi connectivity index (χ2v) is 20.1. The minimum atomic E-state index is -0.465. The Hall–Kier alpha value is -8.03. The van der Waals surface area contributed by atoms with Crippen LogP contribution in [-0.2, 0) is 5.41 Å². The molecule has 1 aliphatic carbocycles. The van der Waals surface area contributed by atoms with Crippen LogP contribution >= 0.6 is 22.7 Å². The van der Waals surface area contributed by atoms with E-state index in [4.69, 9.17) is 15.0 Å². The Morgan fingerprint density at radius 1 is 0.377 bits per heavy atom. The Bertz CT molecular complexity index is 3590. The lowest BCUT2D eigenvalue weighted by molar-refractivity contribution is 0.756. The highest BCUT2D eigenvalue weighted by atomic mass is 32.1. The Morgan fingerprint density at radius 2 is 0.870 bits per heavy atom. The minimum Gasteiger partial charge on any atom is -0.310 e. The van der Waals surface area contributed by atoms with E-state index in [1.54, 1.807) is 0 Å². The van der Waals surface area contributed by atoms with Gasteiger partial charge < -0.3 is 4.90 Å². The first-order valence-corrected chi connectivity index (χ1v) is 25.1. The minimum absolute atomic E-state index is 0.465. The van der Waals surface area contributed by atoms with E-state index >= 15 is 0 Å². The summed E-state index contributed by atoms with van der Waals surface area (Å²) in [5, 5.41) is 2.28. The maximum absolute atomic E-state index is 5.26. The lowest BCUT2D eigenvalue weighted by Crippen LogP contribution is -2.36. The van der Waals surface area contributed by atoms with Crippen molar-refractivity contribution in [1.82, 2.24) is 15.0 Å². The fourth-order valence-electron chi connectivity index (χ4n) is 10.6. The van der Waals surface area contributed by atoms with Crippen LogP contribution in [0.25, 0.3) is 76.6 Å². The van der Waals surface area contributed by atoms with Gasteiger partial charge in [-0.3, -0.25) is 0 Å². The molecule has 0 atom stereocenters. The van der Waals surface area contributed by atoms with Crippen molar-refractivity contribution in [1.29, 1.82) is 0 Å². The molecule has 0 N–H and O–H groups in total. The normalized spacial score (nSPS) is 12.9. The second kappa shape index (κ2) is 16.3. The molecule has 0 amide bonds. The molecular formula is C63H44N4S2. The number of thiophene rings is 2. The zero-order chi connectivity index (χ0) is 46.2. The van der Waals surface area contributed by atoms with Crippen molar-refractivity contribution in [3.8, 4) is 76.6 Å². The summed E-state index contributed by atoms with van der Waals surface area (Å²) >= 11 is 3.79. The molecule has 4 nitrogen and oxygen atoms in total. The van der Waals surface area contributed by atoms with Gasteiger partial charge in [-0.05, 0) is 124 Å². The fourth-order valence-corrected chi connectivity index (χ4v) is 13.0. The predicted molar refractivity (Wildman–Crippen MR) is 288 cm³/mol. The van der Waals surface area contributed by atoms with E-state index in [0.717, 1.165) is 44.6 Å². The fraction of sp³-hybridized carbons (Fsp3) is 0.0635. The van der Waals surface area contributed by atoms with Crippen molar-refractivity contribution in [3.05, 3.63) is 251 Å². The lowest BCUT2D eigenvalue weighted by atomic mass is 9.65. The first kappa shape index (κ1) is 41.2. The molecule has 328 valence electrons. The zero-order valence-electron chi connectivity index (χ0n) is 38.3. The number of rotatable bonds is 7. The van der Waals surface area contributed by atoms with Gasteiger partial charge in [0.2, 0.25) is 0 Å². The number of hydrogen-bond acceptors (Lipinski definition) is 6. The third kappa shape index (κ3) is 6.66. The van der Waals surface area contributed by atoms with Crippen LogP contribution < -0.4 is 4.90 Å².